The average Bonchev–Trinajstić information content (AvgIpc) is 3.15. The first kappa shape index (κ1) is 18.6. The normalized spacial score (nSPS) is 12.1. The van der Waals surface area contributed by atoms with E-state index in [1.165, 1.54) is 0 Å². The number of benzene rings is 1. The predicted octanol–water partition coefficient (Wildman–Crippen LogP) is 2.91. The molecule has 0 aliphatic carbocycles. The molecule has 0 aliphatic heterocycles. The zero-order valence-corrected chi connectivity index (χ0v) is 16.1. The Morgan fingerprint density at radius 1 is 1.10 bits per heavy atom. The van der Waals surface area contributed by atoms with Crippen LogP contribution in [-0.4, -0.2) is 32.3 Å². The number of carbonyl (C=O) groups is 1. The number of aromatic nitrogens is 4. The maximum Gasteiger partial charge on any atom is 0.256 e. The van der Waals surface area contributed by atoms with Crippen LogP contribution in [-0.2, 0) is 0 Å². The lowest BCUT2D eigenvalue weighted by Crippen LogP contribution is -2.15. The zero-order chi connectivity index (χ0) is 20.4. The number of nitrogen functional groups attached to an aromatic ring is 1. The second-order valence-electron chi connectivity index (χ2n) is 6.61. The molecular weight excluding hydrogens is 366 g/mol. The van der Waals surface area contributed by atoms with Crippen molar-refractivity contribution < 1.29 is 4.79 Å². The molecule has 0 saturated carbocycles. The Balaban J connectivity index is 1.69. The lowest BCUT2D eigenvalue weighted by Gasteiger charge is -2.08. The Bertz CT molecular complexity index is 1150. The topological polar surface area (TPSA) is 110 Å². The number of rotatable bonds is 5. The first-order chi connectivity index (χ1) is 14.1. The standard InChI is InChI=1S/C21H21N7O/c1-13(23-2)20-27-17(18-19(22)25-11-12-28(18)20)14-6-8-15(9-7-14)21(29)26-16-5-3-4-10-24-16/h3-13,23H,1-2H3,(H2,22,25)(H,24,26,29)/t13-/m0/s1. The SMILES string of the molecule is CN[C@@H](C)c1nc(-c2ccc(C(=O)Nc3ccccn3)cc2)c2c(N)nccn12. The van der Waals surface area contributed by atoms with Crippen LogP contribution in [0.1, 0.15) is 29.1 Å². The summed E-state index contributed by atoms with van der Waals surface area (Å²) >= 11 is 0. The Hall–Kier alpha value is -3.78. The van der Waals surface area contributed by atoms with E-state index in [4.69, 9.17) is 10.7 Å². The molecule has 0 aliphatic rings. The largest absolute Gasteiger partial charge is 0.382 e. The molecule has 29 heavy (non-hydrogen) atoms. The van der Waals surface area contributed by atoms with Crippen molar-refractivity contribution >= 4 is 23.1 Å². The molecule has 0 radical (unpaired) electrons. The highest BCUT2D eigenvalue weighted by atomic mass is 16.1. The number of pyridine rings is 1. The van der Waals surface area contributed by atoms with E-state index in [1.807, 2.05) is 42.8 Å². The van der Waals surface area contributed by atoms with Crippen molar-refractivity contribution in [3.05, 3.63) is 72.4 Å². The van der Waals surface area contributed by atoms with Crippen molar-refractivity contribution in [2.75, 3.05) is 18.1 Å². The van der Waals surface area contributed by atoms with Crippen LogP contribution in [0.2, 0.25) is 0 Å². The van der Waals surface area contributed by atoms with Gasteiger partial charge in [0, 0.05) is 29.7 Å². The molecule has 1 amide bonds. The van der Waals surface area contributed by atoms with Gasteiger partial charge in [0.05, 0.1) is 6.04 Å². The van der Waals surface area contributed by atoms with Crippen molar-refractivity contribution in [3.63, 3.8) is 0 Å². The van der Waals surface area contributed by atoms with E-state index in [1.54, 1.807) is 36.7 Å². The number of nitrogens with two attached hydrogens (primary N) is 1. The van der Waals surface area contributed by atoms with Crippen molar-refractivity contribution in [1.82, 2.24) is 24.7 Å². The maximum absolute atomic E-state index is 12.5. The van der Waals surface area contributed by atoms with E-state index in [0.29, 0.717) is 17.2 Å². The summed E-state index contributed by atoms with van der Waals surface area (Å²) < 4.78 is 1.94. The molecule has 0 fully saturated rings. The van der Waals surface area contributed by atoms with E-state index in [9.17, 15) is 4.79 Å². The third-order valence-electron chi connectivity index (χ3n) is 4.76. The van der Waals surface area contributed by atoms with Gasteiger partial charge in [-0.3, -0.25) is 9.20 Å². The molecule has 8 nitrogen and oxygen atoms in total. The molecule has 4 aromatic rings. The van der Waals surface area contributed by atoms with Gasteiger partial charge in [-0.05, 0) is 38.2 Å². The molecule has 1 atom stereocenters. The van der Waals surface area contributed by atoms with E-state index in [2.05, 4.69) is 20.6 Å². The van der Waals surface area contributed by atoms with Crippen LogP contribution in [0.5, 0.6) is 0 Å². The molecule has 0 unspecified atom stereocenters. The third-order valence-corrected chi connectivity index (χ3v) is 4.76. The van der Waals surface area contributed by atoms with Crippen LogP contribution in [0.3, 0.4) is 0 Å². The van der Waals surface area contributed by atoms with Gasteiger partial charge in [0.2, 0.25) is 0 Å². The number of nitrogens with zero attached hydrogens (tertiary/aromatic N) is 4. The Morgan fingerprint density at radius 2 is 1.90 bits per heavy atom. The molecule has 1 aromatic carbocycles. The summed E-state index contributed by atoms with van der Waals surface area (Å²) in [5.74, 6) is 1.52. The monoisotopic (exact) mass is 387 g/mol. The summed E-state index contributed by atoms with van der Waals surface area (Å²) in [4.78, 5) is 25.6. The van der Waals surface area contributed by atoms with Crippen LogP contribution in [0.15, 0.2) is 61.1 Å². The third kappa shape index (κ3) is 3.53. The number of imidazole rings is 1. The minimum atomic E-state index is -0.226. The van der Waals surface area contributed by atoms with E-state index in [-0.39, 0.29) is 11.9 Å². The van der Waals surface area contributed by atoms with Crippen molar-refractivity contribution in [2.45, 2.75) is 13.0 Å². The van der Waals surface area contributed by atoms with Crippen molar-refractivity contribution in [2.24, 2.45) is 0 Å². The summed E-state index contributed by atoms with van der Waals surface area (Å²) in [7, 11) is 1.88. The summed E-state index contributed by atoms with van der Waals surface area (Å²) in [6, 6.07) is 12.6. The predicted molar refractivity (Wildman–Crippen MR) is 113 cm³/mol. The first-order valence-corrected chi connectivity index (χ1v) is 9.21. The van der Waals surface area contributed by atoms with Crippen LogP contribution in [0.25, 0.3) is 16.8 Å². The lowest BCUT2D eigenvalue weighted by molar-refractivity contribution is 0.102. The van der Waals surface area contributed by atoms with Gasteiger partial charge in [0.25, 0.3) is 5.91 Å². The van der Waals surface area contributed by atoms with Gasteiger partial charge in [-0.1, -0.05) is 18.2 Å². The number of carbonyl (C=O) groups excluding carboxylic acids is 1. The summed E-state index contributed by atoms with van der Waals surface area (Å²) in [6.07, 6.45) is 5.13. The lowest BCUT2D eigenvalue weighted by atomic mass is 10.1. The number of fused-ring (bicyclic) bond motifs is 1. The van der Waals surface area contributed by atoms with E-state index >= 15 is 0 Å². The highest BCUT2D eigenvalue weighted by Crippen LogP contribution is 2.30. The Kier molecular flexibility index (Phi) is 4.92. The van der Waals surface area contributed by atoms with Crippen LogP contribution < -0.4 is 16.4 Å². The molecule has 0 spiro atoms. The van der Waals surface area contributed by atoms with Gasteiger partial charge < -0.3 is 16.4 Å². The molecule has 146 valence electrons. The highest BCUT2D eigenvalue weighted by molar-refractivity contribution is 6.04. The summed E-state index contributed by atoms with van der Waals surface area (Å²) in [5.41, 5.74) is 9.00. The molecule has 0 saturated heterocycles. The van der Waals surface area contributed by atoms with E-state index < -0.39 is 0 Å². The quantitative estimate of drug-likeness (QED) is 0.486. The summed E-state index contributed by atoms with van der Waals surface area (Å²) in [5, 5.41) is 5.98. The number of hydrogen-bond acceptors (Lipinski definition) is 6. The van der Waals surface area contributed by atoms with Gasteiger partial charge in [-0.25, -0.2) is 15.0 Å². The van der Waals surface area contributed by atoms with Crippen molar-refractivity contribution in [3.8, 4) is 11.3 Å². The van der Waals surface area contributed by atoms with Gasteiger partial charge in [0.15, 0.2) is 0 Å². The fourth-order valence-electron chi connectivity index (χ4n) is 3.13. The van der Waals surface area contributed by atoms with Gasteiger partial charge in [0.1, 0.15) is 28.7 Å². The van der Waals surface area contributed by atoms with Gasteiger partial charge in [-0.15, -0.1) is 0 Å². The van der Waals surface area contributed by atoms with Crippen LogP contribution >= 0.6 is 0 Å². The number of hydrogen-bond donors (Lipinski definition) is 3. The molecule has 8 heteroatoms. The minimum absolute atomic E-state index is 0.0291. The Labute approximate surface area is 167 Å². The second-order valence-corrected chi connectivity index (χ2v) is 6.61. The first-order valence-electron chi connectivity index (χ1n) is 9.21. The Morgan fingerprint density at radius 3 is 2.59 bits per heavy atom. The molecule has 4 rings (SSSR count). The molecular formula is C21H21N7O. The highest BCUT2D eigenvalue weighted by Gasteiger charge is 2.19. The van der Waals surface area contributed by atoms with Gasteiger partial charge in [-0.2, -0.15) is 0 Å². The smallest absolute Gasteiger partial charge is 0.256 e. The average molecular weight is 387 g/mol. The molecule has 3 heterocycles. The minimum Gasteiger partial charge on any atom is -0.382 e. The fourth-order valence-corrected chi connectivity index (χ4v) is 3.13. The second kappa shape index (κ2) is 7.69. The maximum atomic E-state index is 12.5. The number of amides is 1. The number of nitrogens with one attached hydrogen (secondary N) is 2. The molecule has 4 N–H and O–H groups in total. The van der Waals surface area contributed by atoms with Crippen LogP contribution in [0.4, 0.5) is 11.6 Å². The van der Waals surface area contributed by atoms with Crippen LogP contribution in [0, 0.1) is 0 Å². The van der Waals surface area contributed by atoms with Gasteiger partial charge >= 0.3 is 0 Å². The number of anilines is 2. The van der Waals surface area contributed by atoms with Crippen molar-refractivity contribution in [1.29, 1.82) is 0 Å². The molecule has 0 bridgehead atoms. The molecule has 3 aromatic heterocycles. The summed E-state index contributed by atoms with van der Waals surface area (Å²) in [6.45, 7) is 2.03. The fraction of sp³-hybridized carbons (Fsp3) is 0.143. The zero-order valence-electron chi connectivity index (χ0n) is 16.1. The van der Waals surface area contributed by atoms with E-state index in [0.717, 1.165) is 22.6 Å².